The van der Waals surface area contributed by atoms with Crippen molar-refractivity contribution in [3.05, 3.63) is 0 Å². The summed E-state index contributed by atoms with van der Waals surface area (Å²) in [6.45, 7) is 7.59. The summed E-state index contributed by atoms with van der Waals surface area (Å²) in [5.41, 5.74) is 5.90. The molecular formula is C23H40N4O3. The zero-order valence-corrected chi connectivity index (χ0v) is 18.7. The van der Waals surface area contributed by atoms with E-state index >= 15 is 0 Å². The van der Waals surface area contributed by atoms with Gasteiger partial charge in [0.1, 0.15) is 0 Å². The largest absolute Gasteiger partial charge is 0.436 e. The van der Waals surface area contributed by atoms with Gasteiger partial charge in [-0.2, -0.15) is 0 Å². The molecule has 0 unspecified atom stereocenters. The van der Waals surface area contributed by atoms with Gasteiger partial charge in [-0.05, 0) is 52.4 Å². The summed E-state index contributed by atoms with van der Waals surface area (Å²) in [5, 5.41) is 0. The summed E-state index contributed by atoms with van der Waals surface area (Å²) < 4.78 is 5.21. The normalized spacial score (nSPS) is 23.3. The Kier molecular flexibility index (Phi) is 7.87. The van der Waals surface area contributed by atoms with Gasteiger partial charge in [-0.15, -0.1) is 5.92 Å². The Labute approximate surface area is 182 Å². The first-order chi connectivity index (χ1) is 14.4. The molecule has 3 aliphatic rings. The van der Waals surface area contributed by atoms with E-state index in [0.717, 1.165) is 51.6 Å². The van der Waals surface area contributed by atoms with Crippen LogP contribution < -0.4 is 5.73 Å². The number of carbonyl (C=O) groups excluding carboxylic acids is 2. The second-order valence-electron chi connectivity index (χ2n) is 9.22. The van der Waals surface area contributed by atoms with Crippen molar-refractivity contribution in [2.45, 2.75) is 89.3 Å². The van der Waals surface area contributed by atoms with Gasteiger partial charge in [0.25, 0.3) is 0 Å². The Morgan fingerprint density at radius 2 is 1.67 bits per heavy atom. The summed E-state index contributed by atoms with van der Waals surface area (Å²) >= 11 is 0. The van der Waals surface area contributed by atoms with Crippen molar-refractivity contribution in [1.29, 1.82) is 0 Å². The van der Waals surface area contributed by atoms with Gasteiger partial charge in [0.2, 0.25) is 0 Å². The lowest BCUT2D eigenvalue weighted by Crippen LogP contribution is -2.59. The van der Waals surface area contributed by atoms with Crippen molar-refractivity contribution >= 4 is 12.1 Å². The predicted octanol–water partition coefficient (Wildman–Crippen LogP) is 3.42. The molecule has 7 heteroatoms. The van der Waals surface area contributed by atoms with Crippen molar-refractivity contribution in [2.24, 2.45) is 5.73 Å². The van der Waals surface area contributed by atoms with Gasteiger partial charge in [0, 0.05) is 45.2 Å². The van der Waals surface area contributed by atoms with E-state index in [1.165, 1.54) is 19.3 Å². The van der Waals surface area contributed by atoms with Crippen molar-refractivity contribution in [3.8, 4) is 11.8 Å². The first-order valence-corrected chi connectivity index (χ1v) is 11.6. The minimum Gasteiger partial charge on any atom is -0.436 e. The van der Waals surface area contributed by atoms with Crippen LogP contribution in [0.2, 0.25) is 0 Å². The first-order valence-electron chi connectivity index (χ1n) is 11.6. The molecular weight excluding hydrogens is 380 g/mol. The summed E-state index contributed by atoms with van der Waals surface area (Å²) in [5.74, 6) is 5.50. The van der Waals surface area contributed by atoms with E-state index in [1.807, 2.05) is 4.90 Å². The van der Waals surface area contributed by atoms with E-state index in [4.69, 9.17) is 10.5 Å². The maximum atomic E-state index is 12.2. The van der Waals surface area contributed by atoms with Crippen LogP contribution >= 0.6 is 0 Å². The number of piperidine rings is 2. The lowest BCUT2D eigenvalue weighted by Gasteiger charge is -2.50. The Morgan fingerprint density at radius 3 is 2.23 bits per heavy atom. The third-order valence-corrected chi connectivity index (χ3v) is 7.39. The molecule has 7 nitrogen and oxygen atoms in total. The van der Waals surface area contributed by atoms with Crippen molar-refractivity contribution in [2.75, 3.05) is 32.8 Å². The molecule has 3 rings (SSSR count). The molecule has 1 aliphatic carbocycles. The minimum atomic E-state index is -0.261. The van der Waals surface area contributed by atoms with Crippen LogP contribution in [-0.2, 0) is 4.74 Å². The number of amides is 3. The van der Waals surface area contributed by atoms with Crippen LogP contribution in [0.3, 0.4) is 0 Å². The van der Waals surface area contributed by atoms with Gasteiger partial charge in [0.15, 0.2) is 6.61 Å². The van der Waals surface area contributed by atoms with Crippen molar-refractivity contribution in [1.82, 2.24) is 14.7 Å². The molecule has 0 aromatic heterocycles. The molecule has 170 valence electrons. The van der Waals surface area contributed by atoms with Gasteiger partial charge in [-0.1, -0.05) is 25.2 Å². The van der Waals surface area contributed by atoms with Crippen LogP contribution in [0.25, 0.3) is 0 Å². The van der Waals surface area contributed by atoms with Crippen LogP contribution in [0.5, 0.6) is 0 Å². The maximum Gasteiger partial charge on any atom is 0.410 e. The highest BCUT2D eigenvalue weighted by atomic mass is 16.6. The van der Waals surface area contributed by atoms with Crippen LogP contribution in [-0.4, -0.2) is 77.2 Å². The Bertz CT molecular complexity index is 655. The third kappa shape index (κ3) is 5.40. The number of ether oxygens (including phenoxy) is 1. The monoisotopic (exact) mass is 420 g/mol. The number of nitrogens with zero attached hydrogens (tertiary/aromatic N) is 3. The predicted molar refractivity (Wildman–Crippen MR) is 119 cm³/mol. The Balaban J connectivity index is 0.00000341. The summed E-state index contributed by atoms with van der Waals surface area (Å²) in [4.78, 5) is 30.8. The molecule has 0 aromatic carbocycles. The summed E-state index contributed by atoms with van der Waals surface area (Å²) in [7, 11) is 0. The van der Waals surface area contributed by atoms with Gasteiger partial charge < -0.3 is 20.3 Å². The highest BCUT2D eigenvalue weighted by molar-refractivity contribution is 5.72. The highest BCUT2D eigenvalue weighted by Crippen LogP contribution is 2.34. The lowest BCUT2D eigenvalue weighted by molar-refractivity contribution is -0.000586. The molecule has 0 spiro atoms. The van der Waals surface area contributed by atoms with Crippen molar-refractivity contribution in [3.63, 3.8) is 0 Å². The Morgan fingerprint density at radius 1 is 1.07 bits per heavy atom. The molecule has 0 atom stereocenters. The number of primary amides is 1. The summed E-state index contributed by atoms with van der Waals surface area (Å²) in [6.07, 6.45) is 9.45. The average Bonchev–Trinajstić information content (AvgIpc) is 2.75. The molecule has 2 aliphatic heterocycles. The maximum absolute atomic E-state index is 12.2. The molecule has 0 aromatic rings. The fraction of sp³-hybridized carbons (Fsp3) is 0.826. The number of nitrogens with two attached hydrogens (primary N) is 1. The molecule has 3 fully saturated rings. The van der Waals surface area contributed by atoms with Gasteiger partial charge in [-0.25, -0.2) is 9.59 Å². The van der Waals surface area contributed by atoms with E-state index in [1.54, 1.807) is 11.8 Å². The summed E-state index contributed by atoms with van der Waals surface area (Å²) in [6, 6.07) is 0.348. The molecule has 2 N–H and O–H groups in total. The number of likely N-dealkylation sites (tertiary alicyclic amines) is 2. The van der Waals surface area contributed by atoms with E-state index in [0.29, 0.717) is 19.1 Å². The molecule has 3 amide bonds. The zero-order chi connectivity index (χ0) is 21.6. The SMILES string of the molecule is CC#CCOC(=O)N1CCC(C)(N2CCC(N(C(N)=O)C3CCCCC3)CC2)CC1.[HH]. The second kappa shape index (κ2) is 10.4. The molecule has 0 radical (unpaired) electrons. The van der Waals surface area contributed by atoms with Gasteiger partial charge in [0.05, 0.1) is 0 Å². The number of hydrogen-bond acceptors (Lipinski definition) is 4. The van der Waals surface area contributed by atoms with E-state index in [9.17, 15) is 9.59 Å². The van der Waals surface area contributed by atoms with Crippen LogP contribution in [0.15, 0.2) is 0 Å². The van der Waals surface area contributed by atoms with E-state index in [-0.39, 0.29) is 31.7 Å². The van der Waals surface area contributed by atoms with Crippen LogP contribution in [0.1, 0.15) is 73.1 Å². The minimum absolute atomic E-state index is 0. The highest BCUT2D eigenvalue weighted by Gasteiger charge is 2.40. The standard InChI is InChI=1S/C23H38N4O3.H2/c1-3-4-18-30-22(29)25-16-12-23(2,13-17-25)26-14-10-20(11-15-26)27(21(24)28)19-8-6-5-7-9-19;/h19-20H,5-18H2,1-2H3,(H2,24,28);1H. The van der Waals surface area contributed by atoms with Crippen LogP contribution in [0.4, 0.5) is 9.59 Å². The first kappa shape index (κ1) is 22.7. The Hall–Kier alpha value is -1.94. The second-order valence-corrected chi connectivity index (χ2v) is 9.22. The fourth-order valence-corrected chi connectivity index (χ4v) is 5.45. The molecule has 30 heavy (non-hydrogen) atoms. The molecule has 0 bridgehead atoms. The van der Waals surface area contributed by atoms with Crippen LogP contribution in [0, 0.1) is 11.8 Å². The number of hydrogen-bond donors (Lipinski definition) is 1. The number of urea groups is 1. The van der Waals surface area contributed by atoms with E-state index in [2.05, 4.69) is 23.7 Å². The van der Waals surface area contributed by atoms with E-state index < -0.39 is 0 Å². The number of carbonyl (C=O) groups is 2. The number of rotatable bonds is 4. The molecule has 1 saturated carbocycles. The topological polar surface area (TPSA) is 79.1 Å². The van der Waals surface area contributed by atoms with Gasteiger partial charge in [-0.3, -0.25) is 4.90 Å². The zero-order valence-electron chi connectivity index (χ0n) is 18.7. The molecule has 2 saturated heterocycles. The van der Waals surface area contributed by atoms with Crippen molar-refractivity contribution < 1.29 is 15.8 Å². The fourth-order valence-electron chi connectivity index (χ4n) is 5.45. The third-order valence-electron chi connectivity index (χ3n) is 7.39. The smallest absolute Gasteiger partial charge is 0.410 e. The molecule has 2 heterocycles. The van der Waals surface area contributed by atoms with Gasteiger partial charge >= 0.3 is 12.1 Å². The average molecular weight is 421 g/mol. The quantitative estimate of drug-likeness (QED) is 0.707. The lowest BCUT2D eigenvalue weighted by atomic mass is 9.85.